The molecule has 7 nitrogen and oxygen atoms in total. The Balaban J connectivity index is 1.64. The van der Waals surface area contributed by atoms with Crippen molar-refractivity contribution in [3.05, 3.63) is 59.7 Å². The van der Waals surface area contributed by atoms with Gasteiger partial charge in [0.25, 0.3) is 0 Å². The van der Waals surface area contributed by atoms with Crippen molar-refractivity contribution in [3.8, 4) is 11.1 Å². The molecule has 0 spiro atoms. The fourth-order valence-electron chi connectivity index (χ4n) is 3.67. The molecule has 0 saturated heterocycles. The largest absolute Gasteiger partial charge is 0.464 e. The van der Waals surface area contributed by atoms with E-state index in [1.54, 1.807) is 6.92 Å². The summed E-state index contributed by atoms with van der Waals surface area (Å²) in [4.78, 5) is 35.6. The van der Waals surface area contributed by atoms with Gasteiger partial charge in [-0.2, -0.15) is 0 Å². The highest BCUT2D eigenvalue weighted by molar-refractivity contribution is 5.82. The molecule has 0 aromatic heterocycles. The minimum Gasteiger partial charge on any atom is -0.464 e. The lowest BCUT2D eigenvalue weighted by Crippen LogP contribution is -2.44. The molecule has 1 aliphatic carbocycles. The number of nitrogens with one attached hydrogen (secondary N) is 2. The Morgan fingerprint density at radius 2 is 1.57 bits per heavy atom. The van der Waals surface area contributed by atoms with Crippen LogP contribution in [0, 0.1) is 0 Å². The number of fused-ring (bicyclic) bond motifs is 3. The SMILES string of the molecule is CCOC(=O)[C@H](CCNC(C)=O)NC(=O)OCC1c2ccccc2-c2ccccc21. The van der Waals surface area contributed by atoms with E-state index >= 15 is 0 Å². The van der Waals surface area contributed by atoms with Crippen LogP contribution in [-0.2, 0) is 19.1 Å². The van der Waals surface area contributed by atoms with Crippen LogP contribution in [0.25, 0.3) is 11.1 Å². The maximum Gasteiger partial charge on any atom is 0.407 e. The lowest BCUT2D eigenvalue weighted by Gasteiger charge is -2.19. The van der Waals surface area contributed by atoms with Gasteiger partial charge in [0.05, 0.1) is 6.61 Å². The Morgan fingerprint density at radius 3 is 2.13 bits per heavy atom. The molecule has 0 saturated carbocycles. The van der Waals surface area contributed by atoms with E-state index in [1.807, 2.05) is 36.4 Å². The van der Waals surface area contributed by atoms with Gasteiger partial charge < -0.3 is 20.1 Å². The third-order valence-corrected chi connectivity index (χ3v) is 5.01. The fourth-order valence-corrected chi connectivity index (χ4v) is 3.67. The summed E-state index contributed by atoms with van der Waals surface area (Å²) in [7, 11) is 0. The summed E-state index contributed by atoms with van der Waals surface area (Å²) in [6.45, 7) is 3.67. The molecular formula is C23H26N2O5. The number of ether oxygens (including phenoxy) is 2. The minimum absolute atomic E-state index is 0.0661. The number of carbonyl (C=O) groups excluding carboxylic acids is 3. The van der Waals surface area contributed by atoms with E-state index in [1.165, 1.54) is 6.92 Å². The quantitative estimate of drug-likeness (QED) is 0.653. The van der Waals surface area contributed by atoms with Gasteiger partial charge in [0.15, 0.2) is 0 Å². The molecule has 3 rings (SSSR count). The molecule has 30 heavy (non-hydrogen) atoms. The third kappa shape index (κ3) is 4.97. The van der Waals surface area contributed by atoms with E-state index in [0.29, 0.717) is 0 Å². The van der Waals surface area contributed by atoms with Crippen LogP contribution in [0.1, 0.15) is 37.3 Å². The monoisotopic (exact) mass is 410 g/mol. The number of esters is 1. The fraction of sp³-hybridized carbons (Fsp3) is 0.348. The van der Waals surface area contributed by atoms with E-state index in [2.05, 4.69) is 22.8 Å². The van der Waals surface area contributed by atoms with Gasteiger partial charge in [-0.05, 0) is 35.6 Å². The number of amides is 2. The summed E-state index contributed by atoms with van der Waals surface area (Å²) >= 11 is 0. The number of carbonyl (C=O) groups is 3. The van der Waals surface area contributed by atoms with Crippen molar-refractivity contribution in [1.29, 1.82) is 0 Å². The van der Waals surface area contributed by atoms with Crippen LogP contribution in [0.15, 0.2) is 48.5 Å². The van der Waals surface area contributed by atoms with Crippen molar-refractivity contribution in [2.45, 2.75) is 32.2 Å². The predicted octanol–water partition coefficient (Wildman–Crippen LogP) is 2.98. The molecule has 0 heterocycles. The first kappa shape index (κ1) is 21.4. The molecule has 1 aliphatic rings. The van der Waals surface area contributed by atoms with Crippen molar-refractivity contribution in [3.63, 3.8) is 0 Å². The average molecular weight is 410 g/mol. The molecule has 2 N–H and O–H groups in total. The van der Waals surface area contributed by atoms with E-state index in [4.69, 9.17) is 9.47 Å². The second-order valence-corrected chi connectivity index (χ2v) is 7.05. The van der Waals surface area contributed by atoms with Gasteiger partial charge in [0.2, 0.25) is 5.91 Å². The van der Waals surface area contributed by atoms with Gasteiger partial charge in [-0.15, -0.1) is 0 Å². The zero-order valence-corrected chi connectivity index (χ0v) is 17.1. The minimum atomic E-state index is -0.896. The van der Waals surface area contributed by atoms with Crippen LogP contribution >= 0.6 is 0 Å². The highest BCUT2D eigenvalue weighted by Gasteiger charge is 2.30. The van der Waals surface area contributed by atoms with Crippen molar-refractivity contribution in [1.82, 2.24) is 10.6 Å². The molecule has 1 atom stereocenters. The first-order valence-corrected chi connectivity index (χ1v) is 10.0. The molecule has 2 aromatic rings. The second kappa shape index (κ2) is 9.91. The molecule has 2 amide bonds. The van der Waals surface area contributed by atoms with Crippen LogP contribution in [0.4, 0.5) is 4.79 Å². The Bertz CT molecular complexity index is 882. The molecule has 158 valence electrons. The zero-order chi connectivity index (χ0) is 21.5. The number of alkyl carbamates (subject to hydrolysis) is 1. The predicted molar refractivity (Wildman–Crippen MR) is 112 cm³/mol. The average Bonchev–Trinajstić information content (AvgIpc) is 3.05. The van der Waals surface area contributed by atoms with Crippen LogP contribution in [-0.4, -0.2) is 43.8 Å². The summed E-state index contributed by atoms with van der Waals surface area (Å²) < 4.78 is 10.5. The van der Waals surface area contributed by atoms with Gasteiger partial charge in [-0.25, -0.2) is 9.59 Å². The van der Waals surface area contributed by atoms with Crippen LogP contribution in [0.5, 0.6) is 0 Å². The van der Waals surface area contributed by atoms with Crippen molar-refractivity contribution < 1.29 is 23.9 Å². The molecular weight excluding hydrogens is 384 g/mol. The third-order valence-electron chi connectivity index (χ3n) is 5.01. The maximum atomic E-state index is 12.4. The smallest absolute Gasteiger partial charge is 0.407 e. The maximum absolute atomic E-state index is 12.4. The Labute approximate surface area is 175 Å². The normalized spacial score (nSPS) is 13.0. The van der Waals surface area contributed by atoms with Gasteiger partial charge in [-0.1, -0.05) is 48.5 Å². The van der Waals surface area contributed by atoms with E-state index in [0.717, 1.165) is 22.3 Å². The topological polar surface area (TPSA) is 93.7 Å². The first-order chi connectivity index (χ1) is 14.5. The van der Waals surface area contributed by atoms with Crippen LogP contribution < -0.4 is 10.6 Å². The molecule has 0 fully saturated rings. The summed E-state index contributed by atoms with van der Waals surface area (Å²) in [5, 5.41) is 5.17. The van der Waals surface area contributed by atoms with E-state index < -0.39 is 18.1 Å². The van der Waals surface area contributed by atoms with Crippen molar-refractivity contribution >= 4 is 18.0 Å². The lowest BCUT2D eigenvalue weighted by atomic mass is 9.98. The summed E-state index contributed by atoms with van der Waals surface area (Å²) in [5.41, 5.74) is 4.50. The van der Waals surface area contributed by atoms with Crippen molar-refractivity contribution in [2.24, 2.45) is 0 Å². The molecule has 0 aliphatic heterocycles. The van der Waals surface area contributed by atoms with Gasteiger partial charge in [-0.3, -0.25) is 4.79 Å². The Kier molecular flexibility index (Phi) is 7.06. The second-order valence-electron chi connectivity index (χ2n) is 7.05. The highest BCUT2D eigenvalue weighted by atomic mass is 16.6. The Morgan fingerprint density at radius 1 is 0.967 bits per heavy atom. The Hall–Kier alpha value is -3.35. The lowest BCUT2D eigenvalue weighted by molar-refractivity contribution is -0.145. The number of hydrogen-bond donors (Lipinski definition) is 2. The number of benzene rings is 2. The standard InChI is InChI=1S/C23H26N2O5/c1-3-29-22(27)21(12-13-24-15(2)26)25-23(28)30-14-20-18-10-6-4-8-16(18)17-9-5-7-11-19(17)20/h4-11,20-21H,3,12-14H2,1-2H3,(H,24,26)(H,25,28)/t21-/m0/s1. The molecule has 0 radical (unpaired) electrons. The number of hydrogen-bond acceptors (Lipinski definition) is 5. The molecule has 7 heteroatoms. The van der Waals surface area contributed by atoms with Gasteiger partial charge in [0.1, 0.15) is 12.6 Å². The summed E-state index contributed by atoms with van der Waals surface area (Å²) in [6.07, 6.45) is -0.486. The summed E-state index contributed by atoms with van der Waals surface area (Å²) in [5.74, 6) is -0.835. The summed E-state index contributed by atoms with van der Waals surface area (Å²) in [6, 6.07) is 15.2. The van der Waals surface area contributed by atoms with Crippen molar-refractivity contribution in [2.75, 3.05) is 19.8 Å². The molecule has 0 bridgehead atoms. The number of rotatable bonds is 8. The van der Waals surface area contributed by atoms with E-state index in [-0.39, 0.29) is 38.0 Å². The van der Waals surface area contributed by atoms with Gasteiger partial charge >= 0.3 is 12.1 Å². The van der Waals surface area contributed by atoms with Gasteiger partial charge in [0, 0.05) is 19.4 Å². The molecule has 2 aromatic carbocycles. The van der Waals surface area contributed by atoms with E-state index in [9.17, 15) is 14.4 Å². The highest BCUT2D eigenvalue weighted by Crippen LogP contribution is 2.44. The van der Waals surface area contributed by atoms with Crippen LogP contribution in [0.3, 0.4) is 0 Å². The molecule has 0 unspecified atom stereocenters. The zero-order valence-electron chi connectivity index (χ0n) is 17.1. The first-order valence-electron chi connectivity index (χ1n) is 10.0. The van der Waals surface area contributed by atoms with Crippen LogP contribution in [0.2, 0.25) is 0 Å².